The Kier molecular flexibility index (Phi) is 8.09. The van der Waals surface area contributed by atoms with Gasteiger partial charge in [0.05, 0.1) is 42.4 Å². The van der Waals surface area contributed by atoms with Gasteiger partial charge in [-0.15, -0.1) is 0 Å². The summed E-state index contributed by atoms with van der Waals surface area (Å²) in [5, 5.41) is 6.06. The van der Waals surface area contributed by atoms with Crippen LogP contribution in [0, 0.1) is 11.6 Å². The first-order chi connectivity index (χ1) is 17.3. The number of carbonyl (C=O) groups excluding carboxylic acids is 2. The minimum Gasteiger partial charge on any atom is -0.345 e. The lowest BCUT2D eigenvalue weighted by atomic mass is 10.1. The van der Waals surface area contributed by atoms with E-state index in [9.17, 15) is 18.4 Å². The molecule has 3 heterocycles. The van der Waals surface area contributed by atoms with Crippen molar-refractivity contribution in [1.29, 1.82) is 0 Å². The largest absolute Gasteiger partial charge is 0.345 e. The number of aromatic amines is 1. The number of benzene rings is 1. The second kappa shape index (κ2) is 11.4. The number of likely N-dealkylation sites (tertiary alicyclic amines) is 1. The van der Waals surface area contributed by atoms with E-state index in [2.05, 4.69) is 25.6 Å². The van der Waals surface area contributed by atoms with Crippen molar-refractivity contribution in [3.8, 4) is 11.3 Å². The highest BCUT2D eigenvalue weighted by molar-refractivity contribution is 5.88. The van der Waals surface area contributed by atoms with Crippen molar-refractivity contribution < 1.29 is 18.4 Å². The molecule has 0 radical (unpaired) electrons. The van der Waals surface area contributed by atoms with Crippen LogP contribution < -0.4 is 10.6 Å². The molecule has 192 valence electrons. The number of nitrogens with one attached hydrogen (secondary N) is 3. The van der Waals surface area contributed by atoms with Gasteiger partial charge in [-0.1, -0.05) is 0 Å². The van der Waals surface area contributed by atoms with Crippen molar-refractivity contribution in [3.05, 3.63) is 60.1 Å². The molecule has 0 spiro atoms. The van der Waals surface area contributed by atoms with Crippen molar-refractivity contribution in [2.45, 2.75) is 51.2 Å². The van der Waals surface area contributed by atoms with Gasteiger partial charge >= 0.3 is 0 Å². The van der Waals surface area contributed by atoms with E-state index >= 15 is 0 Å². The molecule has 3 N–H and O–H groups in total. The zero-order valence-electron chi connectivity index (χ0n) is 20.4. The van der Waals surface area contributed by atoms with Crippen LogP contribution in [0.5, 0.6) is 0 Å². The smallest absolute Gasteiger partial charge is 0.238 e. The van der Waals surface area contributed by atoms with Crippen LogP contribution in [0.4, 0.5) is 8.78 Å². The summed E-state index contributed by atoms with van der Waals surface area (Å²) in [5.74, 6) is -1.39. The zero-order chi connectivity index (χ0) is 25.7. The summed E-state index contributed by atoms with van der Waals surface area (Å²) in [6.45, 7) is 3.48. The van der Waals surface area contributed by atoms with Crippen molar-refractivity contribution in [3.63, 3.8) is 0 Å². The number of imidazole rings is 2. The van der Waals surface area contributed by atoms with Gasteiger partial charge in [0.25, 0.3) is 0 Å². The molecular weight excluding hydrogens is 468 g/mol. The molecular formula is C25H31F2N7O2. The SMILES string of the molecule is CC(NC(=O)C(CC(=O)N1CCCCC1)NCc1cn(C)cn1)c1ncc(-c2ccc(F)cc2F)[nH]1. The average molecular weight is 500 g/mol. The van der Waals surface area contributed by atoms with Crippen LogP contribution in [0.3, 0.4) is 0 Å². The van der Waals surface area contributed by atoms with Crippen molar-refractivity contribution in [2.24, 2.45) is 7.05 Å². The molecule has 1 aliphatic heterocycles. The molecule has 36 heavy (non-hydrogen) atoms. The molecule has 1 aliphatic rings. The van der Waals surface area contributed by atoms with E-state index in [0.29, 0.717) is 31.2 Å². The number of aromatic nitrogens is 4. The van der Waals surface area contributed by atoms with Gasteiger partial charge in [-0.3, -0.25) is 14.9 Å². The predicted octanol–water partition coefficient (Wildman–Crippen LogP) is 2.83. The standard InChI is InChI=1S/C25H31F2N7O2/c1-16(24-29-13-22(32-24)19-7-6-17(26)10-20(19)27)31-25(36)21(28-12-18-14-33(2)15-30-18)11-23(35)34-8-4-3-5-9-34/h6-7,10,13-16,21,28H,3-5,8-9,11-12H2,1-2H3,(H,29,32)(H,31,36). The number of aryl methyl sites for hydroxylation is 1. The second-order valence-corrected chi connectivity index (χ2v) is 9.15. The number of hydrogen-bond donors (Lipinski definition) is 3. The average Bonchev–Trinajstić information content (AvgIpc) is 3.51. The highest BCUT2D eigenvalue weighted by atomic mass is 19.1. The van der Waals surface area contributed by atoms with Crippen LogP contribution in [0.2, 0.25) is 0 Å². The lowest BCUT2D eigenvalue weighted by Crippen LogP contribution is -2.48. The summed E-state index contributed by atoms with van der Waals surface area (Å²) in [4.78, 5) is 39.5. The minimum absolute atomic E-state index is 0.0234. The summed E-state index contributed by atoms with van der Waals surface area (Å²) in [6, 6.07) is 1.99. The summed E-state index contributed by atoms with van der Waals surface area (Å²) in [5.41, 5.74) is 1.30. The van der Waals surface area contributed by atoms with Gasteiger partial charge in [0.1, 0.15) is 17.5 Å². The molecule has 2 atom stereocenters. The first-order valence-corrected chi connectivity index (χ1v) is 12.1. The zero-order valence-corrected chi connectivity index (χ0v) is 20.4. The van der Waals surface area contributed by atoms with Gasteiger partial charge in [-0.2, -0.15) is 0 Å². The first kappa shape index (κ1) is 25.5. The Hall–Kier alpha value is -3.60. The van der Waals surface area contributed by atoms with E-state index in [-0.39, 0.29) is 23.8 Å². The Balaban J connectivity index is 1.43. The van der Waals surface area contributed by atoms with Crippen molar-refractivity contribution in [1.82, 2.24) is 35.1 Å². The number of hydrogen-bond acceptors (Lipinski definition) is 5. The number of piperidine rings is 1. The van der Waals surface area contributed by atoms with Gasteiger partial charge < -0.3 is 19.8 Å². The van der Waals surface area contributed by atoms with Gasteiger partial charge in [0, 0.05) is 44.5 Å². The Bertz CT molecular complexity index is 1200. The third kappa shape index (κ3) is 6.34. The topological polar surface area (TPSA) is 108 Å². The molecule has 0 aliphatic carbocycles. The van der Waals surface area contributed by atoms with Gasteiger partial charge in [-0.25, -0.2) is 18.7 Å². The normalized spacial score (nSPS) is 15.5. The van der Waals surface area contributed by atoms with Crippen LogP contribution in [0.1, 0.15) is 50.2 Å². The monoisotopic (exact) mass is 499 g/mol. The molecule has 2 aromatic heterocycles. The molecule has 9 nitrogen and oxygen atoms in total. The predicted molar refractivity (Wildman–Crippen MR) is 129 cm³/mol. The molecule has 0 bridgehead atoms. The molecule has 0 saturated carbocycles. The number of halogens is 2. The summed E-state index contributed by atoms with van der Waals surface area (Å²) in [7, 11) is 1.86. The molecule has 2 amide bonds. The molecule has 1 saturated heterocycles. The maximum absolute atomic E-state index is 14.2. The lowest BCUT2D eigenvalue weighted by Gasteiger charge is -2.28. The molecule has 4 rings (SSSR count). The van der Waals surface area contributed by atoms with E-state index in [1.165, 1.54) is 18.3 Å². The van der Waals surface area contributed by atoms with E-state index in [1.54, 1.807) is 13.3 Å². The summed E-state index contributed by atoms with van der Waals surface area (Å²) < 4.78 is 29.2. The quantitative estimate of drug-likeness (QED) is 0.420. The highest BCUT2D eigenvalue weighted by Gasteiger charge is 2.27. The Labute approximate surface area is 208 Å². The second-order valence-electron chi connectivity index (χ2n) is 9.15. The van der Waals surface area contributed by atoms with E-state index < -0.39 is 23.7 Å². The molecule has 1 aromatic carbocycles. The Morgan fingerprint density at radius 1 is 1.17 bits per heavy atom. The number of carbonyl (C=O) groups is 2. The minimum atomic E-state index is -0.771. The molecule has 11 heteroatoms. The maximum Gasteiger partial charge on any atom is 0.238 e. The molecule has 2 unspecified atom stereocenters. The van der Waals surface area contributed by atoms with Crippen molar-refractivity contribution in [2.75, 3.05) is 13.1 Å². The van der Waals surface area contributed by atoms with Gasteiger partial charge in [0.2, 0.25) is 11.8 Å². The first-order valence-electron chi connectivity index (χ1n) is 12.1. The fourth-order valence-electron chi connectivity index (χ4n) is 4.27. The Morgan fingerprint density at radius 2 is 1.94 bits per heavy atom. The number of nitrogens with zero attached hydrogens (tertiary/aromatic N) is 4. The maximum atomic E-state index is 14.2. The molecule has 3 aromatic rings. The van der Waals surface area contributed by atoms with E-state index in [0.717, 1.165) is 31.0 Å². The fraction of sp³-hybridized carbons (Fsp3) is 0.440. The number of H-pyrrole nitrogens is 1. The third-order valence-corrected chi connectivity index (χ3v) is 6.28. The van der Waals surface area contributed by atoms with Crippen molar-refractivity contribution >= 4 is 11.8 Å². The molecule has 1 fully saturated rings. The van der Waals surface area contributed by atoms with Crippen LogP contribution in [0.25, 0.3) is 11.3 Å². The van der Waals surface area contributed by atoms with Crippen LogP contribution in [-0.4, -0.2) is 55.4 Å². The summed E-state index contributed by atoms with van der Waals surface area (Å²) >= 11 is 0. The van der Waals surface area contributed by atoms with E-state index in [4.69, 9.17) is 0 Å². The van der Waals surface area contributed by atoms with E-state index in [1.807, 2.05) is 22.7 Å². The number of amides is 2. The van der Waals surface area contributed by atoms with Crippen LogP contribution in [-0.2, 0) is 23.2 Å². The van der Waals surface area contributed by atoms with Crippen LogP contribution >= 0.6 is 0 Å². The summed E-state index contributed by atoms with van der Waals surface area (Å²) in [6.07, 6.45) is 8.02. The lowest BCUT2D eigenvalue weighted by molar-refractivity contribution is -0.135. The highest BCUT2D eigenvalue weighted by Crippen LogP contribution is 2.23. The Morgan fingerprint density at radius 3 is 2.64 bits per heavy atom. The number of rotatable bonds is 9. The van der Waals surface area contributed by atoms with Gasteiger partial charge in [-0.05, 0) is 38.3 Å². The third-order valence-electron chi connectivity index (χ3n) is 6.28. The van der Waals surface area contributed by atoms with Crippen LogP contribution in [0.15, 0.2) is 36.9 Å². The van der Waals surface area contributed by atoms with Gasteiger partial charge in [0.15, 0.2) is 0 Å². The fourth-order valence-corrected chi connectivity index (χ4v) is 4.27.